The number of hydrogen-bond acceptors (Lipinski definition) is 6. The normalized spacial score (nSPS) is 15.7. The van der Waals surface area contributed by atoms with Crippen LogP contribution in [0.3, 0.4) is 0 Å². The van der Waals surface area contributed by atoms with E-state index in [0.29, 0.717) is 40.8 Å². The highest BCUT2D eigenvalue weighted by atomic mass is 79.9. The summed E-state index contributed by atoms with van der Waals surface area (Å²) >= 11 is 11.5. The molecular weight excluding hydrogens is 550 g/mol. The van der Waals surface area contributed by atoms with Gasteiger partial charge in [0, 0.05) is 56.7 Å². The van der Waals surface area contributed by atoms with Crippen LogP contribution in [0.25, 0.3) is 22.2 Å². The first-order valence-corrected chi connectivity index (χ1v) is 13.3. The molecule has 7 nitrogen and oxygen atoms in total. The number of nitrogens with one attached hydrogen (secondary N) is 2. The highest BCUT2D eigenvalue weighted by molar-refractivity contribution is 9.10. The molecule has 1 atom stereocenters. The highest BCUT2D eigenvalue weighted by Crippen LogP contribution is 2.32. The van der Waals surface area contributed by atoms with Crippen molar-refractivity contribution in [2.24, 2.45) is 0 Å². The van der Waals surface area contributed by atoms with Crippen LogP contribution < -0.4 is 16.2 Å². The van der Waals surface area contributed by atoms with Crippen molar-refractivity contribution in [2.75, 3.05) is 17.6 Å². The summed E-state index contributed by atoms with van der Waals surface area (Å²) in [6.07, 6.45) is 1.70. The summed E-state index contributed by atoms with van der Waals surface area (Å²) in [7, 11) is 0. The predicted octanol–water partition coefficient (Wildman–Crippen LogP) is 5.54. The van der Waals surface area contributed by atoms with E-state index in [9.17, 15) is 9.59 Å². The molecule has 5 rings (SSSR count). The topological polar surface area (TPSA) is 88.9 Å². The summed E-state index contributed by atoms with van der Waals surface area (Å²) in [6, 6.07) is 14.9. The molecule has 3 heterocycles. The molecule has 1 unspecified atom stereocenters. The molecule has 2 N–H and O–H groups in total. The Morgan fingerprint density at radius 3 is 2.69 bits per heavy atom. The van der Waals surface area contributed by atoms with Gasteiger partial charge < -0.3 is 10.6 Å². The van der Waals surface area contributed by atoms with E-state index in [1.807, 2.05) is 43.3 Å². The van der Waals surface area contributed by atoms with Crippen LogP contribution in [0.15, 0.2) is 64.0 Å². The molecule has 1 saturated heterocycles. The fraction of sp³-hybridized carbons (Fsp3) is 0.200. The monoisotopic (exact) mass is 569 g/mol. The number of thioether (sulfide) groups is 1. The molecule has 35 heavy (non-hydrogen) atoms. The van der Waals surface area contributed by atoms with E-state index in [2.05, 4.69) is 36.5 Å². The molecule has 178 valence electrons. The SMILES string of the molecule is CCn1c(=O)c(-c2ccc(Br)cc2Cl)cc2cnc(Nc3ccc(C4SCCNC4=O)cc3)nc21. The lowest BCUT2D eigenvalue weighted by molar-refractivity contribution is -0.120. The van der Waals surface area contributed by atoms with Gasteiger partial charge >= 0.3 is 0 Å². The van der Waals surface area contributed by atoms with Gasteiger partial charge in [-0.2, -0.15) is 4.98 Å². The molecule has 0 spiro atoms. The van der Waals surface area contributed by atoms with Crippen LogP contribution in [-0.4, -0.2) is 32.7 Å². The second kappa shape index (κ2) is 10.0. The van der Waals surface area contributed by atoms with Crippen molar-refractivity contribution in [3.8, 4) is 11.1 Å². The minimum Gasteiger partial charge on any atom is -0.354 e. The maximum atomic E-state index is 13.3. The van der Waals surface area contributed by atoms with Crippen LogP contribution >= 0.6 is 39.3 Å². The van der Waals surface area contributed by atoms with Gasteiger partial charge in [0.05, 0.1) is 0 Å². The number of fused-ring (bicyclic) bond motifs is 1. The lowest BCUT2D eigenvalue weighted by atomic mass is 10.1. The molecule has 1 fully saturated rings. The quantitative estimate of drug-likeness (QED) is 0.327. The van der Waals surface area contributed by atoms with Crippen molar-refractivity contribution in [1.29, 1.82) is 0 Å². The van der Waals surface area contributed by atoms with Crippen molar-refractivity contribution in [2.45, 2.75) is 18.7 Å². The summed E-state index contributed by atoms with van der Waals surface area (Å²) in [5.41, 5.74) is 3.28. The number of aryl methyl sites for hydroxylation is 1. The summed E-state index contributed by atoms with van der Waals surface area (Å²) in [4.78, 5) is 34.5. The number of anilines is 2. The summed E-state index contributed by atoms with van der Waals surface area (Å²) < 4.78 is 2.47. The Balaban J connectivity index is 1.46. The van der Waals surface area contributed by atoms with Crippen molar-refractivity contribution < 1.29 is 4.79 Å². The van der Waals surface area contributed by atoms with E-state index in [1.165, 1.54) is 0 Å². The first kappa shape index (κ1) is 23.8. The van der Waals surface area contributed by atoms with Crippen LogP contribution in [0, 0.1) is 0 Å². The van der Waals surface area contributed by atoms with Gasteiger partial charge in [0.1, 0.15) is 10.9 Å². The smallest absolute Gasteiger partial charge is 0.260 e. The Hall–Kier alpha value is -2.88. The Kier molecular flexibility index (Phi) is 6.82. The van der Waals surface area contributed by atoms with Gasteiger partial charge in [0.15, 0.2) is 0 Å². The second-order valence-corrected chi connectivity index (χ2v) is 10.5. The molecule has 10 heteroatoms. The van der Waals surface area contributed by atoms with Gasteiger partial charge in [-0.1, -0.05) is 45.7 Å². The fourth-order valence-corrected chi connectivity index (χ4v) is 5.87. The van der Waals surface area contributed by atoms with E-state index < -0.39 is 0 Å². The number of amides is 1. The zero-order valence-electron chi connectivity index (χ0n) is 18.7. The number of nitrogens with zero attached hydrogens (tertiary/aromatic N) is 3. The third-order valence-electron chi connectivity index (χ3n) is 5.76. The van der Waals surface area contributed by atoms with Gasteiger partial charge in [0.2, 0.25) is 11.9 Å². The summed E-state index contributed by atoms with van der Waals surface area (Å²) in [5.74, 6) is 1.32. The van der Waals surface area contributed by atoms with Crippen molar-refractivity contribution in [1.82, 2.24) is 19.9 Å². The zero-order chi connectivity index (χ0) is 24.5. The van der Waals surface area contributed by atoms with Gasteiger partial charge in [-0.15, -0.1) is 11.8 Å². The average Bonchev–Trinajstić information content (AvgIpc) is 2.85. The average molecular weight is 571 g/mol. The van der Waals surface area contributed by atoms with E-state index in [-0.39, 0.29) is 16.7 Å². The first-order chi connectivity index (χ1) is 16.9. The largest absolute Gasteiger partial charge is 0.354 e. The lowest BCUT2D eigenvalue weighted by Crippen LogP contribution is -2.34. The lowest BCUT2D eigenvalue weighted by Gasteiger charge is -2.21. The van der Waals surface area contributed by atoms with Crippen LogP contribution in [0.2, 0.25) is 5.02 Å². The third kappa shape index (κ3) is 4.80. The molecular formula is C25H21BrClN5O2S. The van der Waals surface area contributed by atoms with Crippen LogP contribution in [-0.2, 0) is 11.3 Å². The molecule has 2 aromatic heterocycles. The molecule has 1 amide bonds. The molecule has 0 aliphatic carbocycles. The van der Waals surface area contributed by atoms with Gasteiger partial charge in [-0.05, 0) is 42.8 Å². The number of pyridine rings is 1. The molecule has 0 bridgehead atoms. The van der Waals surface area contributed by atoms with E-state index in [1.54, 1.807) is 34.7 Å². The first-order valence-electron chi connectivity index (χ1n) is 11.1. The number of aromatic nitrogens is 3. The van der Waals surface area contributed by atoms with E-state index in [0.717, 1.165) is 26.9 Å². The number of halogens is 2. The van der Waals surface area contributed by atoms with Crippen LogP contribution in [0.4, 0.5) is 11.6 Å². The third-order valence-corrected chi connectivity index (χ3v) is 7.82. The summed E-state index contributed by atoms with van der Waals surface area (Å²) in [6.45, 7) is 3.06. The zero-order valence-corrected chi connectivity index (χ0v) is 21.9. The van der Waals surface area contributed by atoms with Gasteiger partial charge in [-0.3, -0.25) is 14.2 Å². The fourth-order valence-electron chi connectivity index (χ4n) is 4.05. The molecule has 0 radical (unpaired) electrons. The highest BCUT2D eigenvalue weighted by Gasteiger charge is 2.24. The minimum absolute atomic E-state index is 0.0427. The standard InChI is InChI=1S/C25H21BrClN5O2S/c1-2-32-22-15(11-19(24(32)34)18-8-5-16(26)12-20(18)27)13-29-25(31-22)30-17-6-3-14(4-7-17)21-23(33)28-9-10-35-21/h3-8,11-13,21H,2,9-10H2,1H3,(H,28,33)(H,29,30,31). The number of rotatable bonds is 5. The van der Waals surface area contributed by atoms with Gasteiger partial charge in [0.25, 0.3) is 5.56 Å². The maximum Gasteiger partial charge on any atom is 0.260 e. The number of hydrogen-bond donors (Lipinski definition) is 2. The van der Waals surface area contributed by atoms with Crippen molar-refractivity contribution in [3.05, 3.63) is 80.1 Å². The Morgan fingerprint density at radius 1 is 1.17 bits per heavy atom. The number of carbonyl (C=O) groups excluding carboxylic acids is 1. The van der Waals surface area contributed by atoms with Gasteiger partial charge in [-0.25, -0.2) is 4.98 Å². The molecule has 1 aliphatic rings. The molecule has 2 aromatic carbocycles. The number of benzene rings is 2. The van der Waals surface area contributed by atoms with Crippen LogP contribution in [0.1, 0.15) is 17.7 Å². The Morgan fingerprint density at radius 2 is 1.97 bits per heavy atom. The molecule has 0 saturated carbocycles. The Labute approximate surface area is 219 Å². The Bertz CT molecular complexity index is 1490. The minimum atomic E-state index is -0.192. The maximum absolute atomic E-state index is 13.3. The molecule has 1 aliphatic heterocycles. The van der Waals surface area contributed by atoms with Crippen molar-refractivity contribution >= 4 is 67.9 Å². The van der Waals surface area contributed by atoms with Crippen LogP contribution in [0.5, 0.6) is 0 Å². The van der Waals surface area contributed by atoms with E-state index in [4.69, 9.17) is 11.6 Å². The van der Waals surface area contributed by atoms with E-state index >= 15 is 0 Å². The number of carbonyl (C=O) groups is 1. The second-order valence-electron chi connectivity index (χ2n) is 7.99. The molecule has 4 aromatic rings. The van der Waals surface area contributed by atoms with Crippen molar-refractivity contribution in [3.63, 3.8) is 0 Å². The summed E-state index contributed by atoms with van der Waals surface area (Å²) in [5, 5.41) is 7.14. The predicted molar refractivity (Wildman–Crippen MR) is 146 cm³/mol.